The number of nitrogens with zero attached hydrogens (tertiary/aromatic N) is 2. The van der Waals surface area contributed by atoms with Crippen molar-refractivity contribution in [2.45, 2.75) is 4.90 Å². The average Bonchev–Trinajstić information content (AvgIpc) is 3.11. The van der Waals surface area contributed by atoms with Crippen LogP contribution >= 0.6 is 0 Å². The molecule has 2 heterocycles. The van der Waals surface area contributed by atoms with Gasteiger partial charge in [-0.25, -0.2) is 12.4 Å². The lowest BCUT2D eigenvalue weighted by Gasteiger charge is -2.11. The second-order valence-corrected chi connectivity index (χ2v) is 7.56. The van der Waals surface area contributed by atoms with E-state index >= 15 is 0 Å². The van der Waals surface area contributed by atoms with Gasteiger partial charge in [-0.05, 0) is 30.3 Å². The number of aromatic nitrogens is 2. The van der Waals surface area contributed by atoms with E-state index in [-0.39, 0.29) is 4.90 Å². The summed E-state index contributed by atoms with van der Waals surface area (Å²) in [5.74, 6) is 0.609. The van der Waals surface area contributed by atoms with E-state index in [9.17, 15) is 8.42 Å². The van der Waals surface area contributed by atoms with Gasteiger partial charge in [0.1, 0.15) is 17.3 Å². The Kier molecular flexibility index (Phi) is 4.10. The van der Waals surface area contributed by atoms with Crippen molar-refractivity contribution in [3.8, 4) is 5.75 Å². The summed E-state index contributed by atoms with van der Waals surface area (Å²) in [5, 5.41) is 1.50. The number of benzene rings is 2. The molecule has 2 aromatic carbocycles. The molecule has 0 spiro atoms. The van der Waals surface area contributed by atoms with Gasteiger partial charge in [0.2, 0.25) is 0 Å². The minimum absolute atomic E-state index is 0.168. The molecular weight excluding hydrogens is 350 g/mol. The minimum Gasteiger partial charge on any atom is -0.492 e. The summed E-state index contributed by atoms with van der Waals surface area (Å²) in [7, 11) is -3.81. The molecule has 6 nitrogen and oxygen atoms in total. The molecule has 26 heavy (non-hydrogen) atoms. The molecule has 0 bridgehead atoms. The van der Waals surface area contributed by atoms with Crippen LogP contribution in [0.2, 0.25) is 0 Å². The maximum Gasteiger partial charge on any atom is 0.270 e. The van der Waals surface area contributed by atoms with Crippen LogP contribution in [0.3, 0.4) is 0 Å². The number of hydrogen-bond donors (Lipinski definition) is 1. The van der Waals surface area contributed by atoms with Gasteiger partial charge in [0, 0.05) is 29.7 Å². The Hall–Kier alpha value is -2.90. The first-order chi connectivity index (χ1) is 12.6. The van der Waals surface area contributed by atoms with Crippen LogP contribution in [0.4, 0.5) is 0 Å². The van der Waals surface area contributed by atoms with Crippen molar-refractivity contribution in [3.63, 3.8) is 0 Å². The summed E-state index contributed by atoms with van der Waals surface area (Å²) in [6.07, 6.45) is 3.13. The van der Waals surface area contributed by atoms with Crippen molar-refractivity contribution in [1.82, 2.24) is 8.96 Å². The van der Waals surface area contributed by atoms with Crippen molar-refractivity contribution in [2.75, 3.05) is 13.2 Å². The summed E-state index contributed by atoms with van der Waals surface area (Å²) >= 11 is 0. The van der Waals surface area contributed by atoms with E-state index in [1.807, 2.05) is 12.1 Å². The molecule has 0 saturated heterocycles. The van der Waals surface area contributed by atoms with Gasteiger partial charge < -0.3 is 10.5 Å². The molecule has 132 valence electrons. The molecule has 0 aliphatic rings. The molecule has 4 aromatic rings. The van der Waals surface area contributed by atoms with Crippen molar-refractivity contribution in [2.24, 2.45) is 5.73 Å². The van der Waals surface area contributed by atoms with Crippen LogP contribution in [0.1, 0.15) is 0 Å². The first kappa shape index (κ1) is 16.6. The highest BCUT2D eigenvalue weighted by Gasteiger charge is 2.22. The number of rotatable bonds is 5. The van der Waals surface area contributed by atoms with Crippen LogP contribution in [0.25, 0.3) is 21.8 Å². The highest BCUT2D eigenvalue weighted by molar-refractivity contribution is 7.90. The van der Waals surface area contributed by atoms with E-state index in [0.29, 0.717) is 29.9 Å². The van der Waals surface area contributed by atoms with Gasteiger partial charge in [-0.2, -0.15) is 0 Å². The molecule has 7 heteroatoms. The zero-order valence-corrected chi connectivity index (χ0v) is 14.7. The van der Waals surface area contributed by atoms with Crippen molar-refractivity contribution < 1.29 is 13.2 Å². The lowest BCUT2D eigenvalue weighted by molar-refractivity contribution is 0.332. The Bertz CT molecular complexity index is 1190. The molecular formula is C19H17N3O3S. The Morgan fingerprint density at radius 2 is 1.85 bits per heavy atom. The predicted molar refractivity (Wildman–Crippen MR) is 101 cm³/mol. The molecule has 0 aliphatic carbocycles. The summed E-state index contributed by atoms with van der Waals surface area (Å²) < 4.78 is 33.5. The number of ether oxygens (including phenoxy) is 1. The van der Waals surface area contributed by atoms with E-state index in [0.717, 1.165) is 10.8 Å². The van der Waals surface area contributed by atoms with Gasteiger partial charge in [0.05, 0.1) is 11.0 Å². The molecule has 0 fully saturated rings. The third-order valence-electron chi connectivity index (χ3n) is 4.17. The van der Waals surface area contributed by atoms with E-state index < -0.39 is 10.0 Å². The van der Waals surface area contributed by atoms with Gasteiger partial charge in [0.25, 0.3) is 10.0 Å². The predicted octanol–water partition coefficient (Wildman–Crippen LogP) is 2.76. The maximum absolute atomic E-state index is 13.3. The SMILES string of the molecule is NCCOc1cccc2c1ccn2S(=O)(=O)c1cccc2cccnc12. The van der Waals surface area contributed by atoms with E-state index in [1.54, 1.807) is 48.7 Å². The van der Waals surface area contributed by atoms with Crippen LogP contribution in [0.5, 0.6) is 5.75 Å². The lowest BCUT2D eigenvalue weighted by atomic mass is 10.2. The van der Waals surface area contributed by atoms with E-state index in [4.69, 9.17) is 10.5 Å². The molecule has 2 aromatic heterocycles. The van der Waals surface area contributed by atoms with Crippen LogP contribution in [-0.4, -0.2) is 30.5 Å². The highest BCUT2D eigenvalue weighted by Crippen LogP contribution is 2.30. The van der Waals surface area contributed by atoms with Crippen molar-refractivity contribution in [1.29, 1.82) is 0 Å². The van der Waals surface area contributed by atoms with Gasteiger partial charge in [-0.15, -0.1) is 0 Å². The van der Waals surface area contributed by atoms with Gasteiger partial charge >= 0.3 is 0 Å². The number of para-hydroxylation sites is 1. The standard InChI is InChI=1S/C19H17N3O3S/c20-10-13-25-17-7-2-6-16-15(17)9-12-22(16)26(23,24)18-8-1-4-14-5-3-11-21-19(14)18/h1-9,11-12H,10,13,20H2. The fourth-order valence-corrected chi connectivity index (χ4v) is 4.53. The topological polar surface area (TPSA) is 87.2 Å². The summed E-state index contributed by atoms with van der Waals surface area (Å²) in [5.41, 5.74) is 6.49. The fraction of sp³-hybridized carbons (Fsp3) is 0.105. The van der Waals surface area contributed by atoms with Crippen LogP contribution in [0, 0.1) is 0 Å². The van der Waals surface area contributed by atoms with Gasteiger partial charge in [-0.1, -0.05) is 24.3 Å². The quantitative estimate of drug-likeness (QED) is 0.586. The molecule has 0 atom stereocenters. The maximum atomic E-state index is 13.3. The molecule has 4 rings (SSSR count). The summed E-state index contributed by atoms with van der Waals surface area (Å²) in [6, 6.07) is 15.8. The second-order valence-electron chi connectivity index (χ2n) is 5.77. The zero-order valence-electron chi connectivity index (χ0n) is 13.9. The van der Waals surface area contributed by atoms with Gasteiger partial charge in [0.15, 0.2) is 0 Å². The molecule has 0 aliphatic heterocycles. The Labute approximate surface area is 150 Å². The zero-order chi connectivity index (χ0) is 18.1. The highest BCUT2D eigenvalue weighted by atomic mass is 32.2. The number of fused-ring (bicyclic) bond motifs is 2. The molecule has 0 saturated carbocycles. The monoisotopic (exact) mass is 367 g/mol. The number of hydrogen-bond acceptors (Lipinski definition) is 5. The van der Waals surface area contributed by atoms with E-state index in [1.165, 1.54) is 10.2 Å². The molecule has 2 N–H and O–H groups in total. The molecule has 0 unspecified atom stereocenters. The third-order valence-corrected chi connectivity index (χ3v) is 5.89. The number of nitrogens with two attached hydrogens (primary N) is 1. The van der Waals surface area contributed by atoms with Crippen molar-refractivity contribution in [3.05, 3.63) is 67.0 Å². The molecule has 0 radical (unpaired) electrons. The molecule has 0 amide bonds. The Morgan fingerprint density at radius 1 is 1.04 bits per heavy atom. The first-order valence-corrected chi connectivity index (χ1v) is 9.59. The largest absolute Gasteiger partial charge is 0.492 e. The smallest absolute Gasteiger partial charge is 0.270 e. The van der Waals surface area contributed by atoms with Crippen LogP contribution in [0.15, 0.2) is 71.9 Å². The van der Waals surface area contributed by atoms with Crippen LogP contribution in [-0.2, 0) is 10.0 Å². The van der Waals surface area contributed by atoms with Crippen LogP contribution < -0.4 is 10.5 Å². The number of pyridine rings is 1. The second kappa shape index (κ2) is 6.44. The Balaban J connectivity index is 1.91. The van der Waals surface area contributed by atoms with E-state index in [2.05, 4.69) is 4.98 Å². The minimum atomic E-state index is -3.81. The average molecular weight is 367 g/mol. The lowest BCUT2D eigenvalue weighted by Crippen LogP contribution is -2.13. The summed E-state index contributed by atoms with van der Waals surface area (Å²) in [4.78, 5) is 4.43. The summed E-state index contributed by atoms with van der Waals surface area (Å²) in [6.45, 7) is 0.751. The fourth-order valence-electron chi connectivity index (χ4n) is 3.01. The van der Waals surface area contributed by atoms with Gasteiger partial charge in [-0.3, -0.25) is 4.98 Å². The normalized spacial score (nSPS) is 11.9. The van der Waals surface area contributed by atoms with Crippen molar-refractivity contribution >= 4 is 31.8 Å². The Morgan fingerprint density at radius 3 is 2.69 bits per heavy atom. The third kappa shape index (κ3) is 2.61. The first-order valence-electron chi connectivity index (χ1n) is 8.15.